The van der Waals surface area contributed by atoms with Gasteiger partial charge in [-0.2, -0.15) is 0 Å². The molecule has 1 fully saturated rings. The zero-order valence-corrected chi connectivity index (χ0v) is 13.2. The molecule has 0 saturated carbocycles. The number of nitrogens with zero attached hydrogens (tertiary/aromatic N) is 2. The Kier molecular flexibility index (Phi) is 3.44. The molecular weight excluding hydrogens is 266 g/mol. The summed E-state index contributed by atoms with van der Waals surface area (Å²) < 4.78 is 0. The van der Waals surface area contributed by atoms with Gasteiger partial charge in [-0.25, -0.2) is 4.98 Å². The van der Waals surface area contributed by atoms with Gasteiger partial charge >= 0.3 is 0 Å². The summed E-state index contributed by atoms with van der Waals surface area (Å²) in [6, 6.07) is 2.20. The van der Waals surface area contributed by atoms with E-state index >= 15 is 0 Å². The summed E-state index contributed by atoms with van der Waals surface area (Å²) in [7, 11) is 0. The Labute approximate surface area is 126 Å². The molecule has 4 heteroatoms. The number of fused-ring (bicyclic) bond motifs is 1. The highest BCUT2D eigenvalue weighted by atomic mass is 32.1. The van der Waals surface area contributed by atoms with Crippen molar-refractivity contribution in [3.05, 3.63) is 22.9 Å². The Morgan fingerprint density at radius 2 is 2.10 bits per heavy atom. The van der Waals surface area contributed by atoms with Gasteiger partial charge in [0.05, 0.1) is 5.56 Å². The lowest BCUT2D eigenvalue weighted by molar-refractivity contribution is 0.418. The number of pyridine rings is 1. The summed E-state index contributed by atoms with van der Waals surface area (Å²) in [5.41, 5.74) is 9.88. The van der Waals surface area contributed by atoms with E-state index in [4.69, 9.17) is 22.9 Å². The van der Waals surface area contributed by atoms with E-state index in [1.165, 1.54) is 30.5 Å². The van der Waals surface area contributed by atoms with Gasteiger partial charge in [0.15, 0.2) is 0 Å². The molecular formula is C16H23N3S. The van der Waals surface area contributed by atoms with Crippen molar-refractivity contribution in [2.75, 3.05) is 18.0 Å². The third-order valence-corrected chi connectivity index (χ3v) is 4.74. The van der Waals surface area contributed by atoms with E-state index in [-0.39, 0.29) is 0 Å². The van der Waals surface area contributed by atoms with Crippen LogP contribution < -0.4 is 10.6 Å². The number of anilines is 1. The Morgan fingerprint density at radius 3 is 2.75 bits per heavy atom. The lowest BCUT2D eigenvalue weighted by Crippen LogP contribution is -2.28. The second-order valence-corrected chi connectivity index (χ2v) is 7.31. The highest BCUT2D eigenvalue weighted by molar-refractivity contribution is 7.80. The number of aryl methyl sites for hydroxylation is 2. The Bertz CT molecular complexity index is 551. The maximum Gasteiger partial charge on any atom is 0.139 e. The second-order valence-electron chi connectivity index (χ2n) is 6.87. The fraction of sp³-hybridized carbons (Fsp3) is 0.625. The van der Waals surface area contributed by atoms with Crippen molar-refractivity contribution < 1.29 is 0 Å². The predicted molar refractivity (Wildman–Crippen MR) is 87.4 cm³/mol. The molecule has 3 rings (SSSR count). The van der Waals surface area contributed by atoms with Crippen molar-refractivity contribution in [3.63, 3.8) is 0 Å². The van der Waals surface area contributed by atoms with Crippen molar-refractivity contribution in [3.8, 4) is 0 Å². The van der Waals surface area contributed by atoms with Crippen LogP contribution in [0, 0.1) is 5.41 Å². The summed E-state index contributed by atoms with van der Waals surface area (Å²) >= 11 is 5.26. The molecule has 0 atom stereocenters. The Hall–Kier alpha value is -1.16. The average Bonchev–Trinajstić information content (AvgIpc) is 2.77. The molecule has 1 aliphatic carbocycles. The van der Waals surface area contributed by atoms with E-state index < -0.39 is 0 Å². The molecule has 1 saturated heterocycles. The number of rotatable bonds is 2. The molecule has 20 heavy (non-hydrogen) atoms. The van der Waals surface area contributed by atoms with E-state index in [0.29, 0.717) is 10.4 Å². The van der Waals surface area contributed by atoms with Crippen LogP contribution >= 0.6 is 12.2 Å². The minimum atomic E-state index is 0.352. The molecule has 1 aliphatic heterocycles. The first-order chi connectivity index (χ1) is 9.46. The van der Waals surface area contributed by atoms with Gasteiger partial charge in [-0.1, -0.05) is 26.1 Å². The molecule has 0 amide bonds. The molecule has 3 nitrogen and oxygen atoms in total. The SMILES string of the molecule is CC1(C)CCN(c2nc3c(cc2C(N)=S)CCCC3)C1. The van der Waals surface area contributed by atoms with Crippen LogP contribution in [-0.4, -0.2) is 23.1 Å². The molecule has 0 aromatic carbocycles. The first kappa shape index (κ1) is 13.8. The van der Waals surface area contributed by atoms with Crippen LogP contribution in [0.1, 0.15) is 49.9 Å². The van der Waals surface area contributed by atoms with Gasteiger partial charge in [0.1, 0.15) is 10.8 Å². The van der Waals surface area contributed by atoms with Crippen LogP contribution in [0.4, 0.5) is 5.82 Å². The number of hydrogen-bond donors (Lipinski definition) is 1. The van der Waals surface area contributed by atoms with E-state index in [9.17, 15) is 0 Å². The van der Waals surface area contributed by atoms with Gasteiger partial charge in [-0.15, -0.1) is 0 Å². The monoisotopic (exact) mass is 289 g/mol. The smallest absolute Gasteiger partial charge is 0.139 e. The zero-order chi connectivity index (χ0) is 14.3. The largest absolute Gasteiger partial charge is 0.389 e. The van der Waals surface area contributed by atoms with Crippen LogP contribution in [0.2, 0.25) is 0 Å². The number of thiocarbonyl (C=S) groups is 1. The lowest BCUT2D eigenvalue weighted by atomic mass is 9.93. The van der Waals surface area contributed by atoms with Crippen LogP contribution in [0.25, 0.3) is 0 Å². The first-order valence-corrected chi connectivity index (χ1v) is 7.95. The highest BCUT2D eigenvalue weighted by Crippen LogP contribution is 2.34. The number of hydrogen-bond acceptors (Lipinski definition) is 3. The third-order valence-electron chi connectivity index (χ3n) is 4.52. The summed E-state index contributed by atoms with van der Waals surface area (Å²) in [5.74, 6) is 1.02. The molecule has 1 aromatic rings. The van der Waals surface area contributed by atoms with Gasteiger partial charge in [0, 0.05) is 18.8 Å². The molecule has 108 valence electrons. The Balaban J connectivity index is 2.02. The third kappa shape index (κ3) is 2.53. The minimum Gasteiger partial charge on any atom is -0.389 e. The average molecular weight is 289 g/mol. The van der Waals surface area contributed by atoms with Crippen molar-refractivity contribution in [1.29, 1.82) is 0 Å². The fourth-order valence-corrected chi connectivity index (χ4v) is 3.49. The summed E-state index contributed by atoms with van der Waals surface area (Å²) in [6.07, 6.45) is 5.91. The van der Waals surface area contributed by atoms with E-state index in [1.54, 1.807) is 0 Å². The highest BCUT2D eigenvalue weighted by Gasteiger charge is 2.32. The quantitative estimate of drug-likeness (QED) is 0.850. The van der Waals surface area contributed by atoms with Crippen molar-refractivity contribution in [2.45, 2.75) is 46.0 Å². The summed E-state index contributed by atoms with van der Waals surface area (Å²) in [6.45, 7) is 6.71. The topological polar surface area (TPSA) is 42.2 Å². The zero-order valence-electron chi connectivity index (χ0n) is 12.4. The van der Waals surface area contributed by atoms with Gasteiger partial charge in [-0.05, 0) is 49.1 Å². The van der Waals surface area contributed by atoms with Crippen molar-refractivity contribution >= 4 is 23.0 Å². The minimum absolute atomic E-state index is 0.352. The van der Waals surface area contributed by atoms with Gasteiger partial charge in [-0.3, -0.25) is 0 Å². The normalized spacial score (nSPS) is 20.8. The van der Waals surface area contributed by atoms with Crippen molar-refractivity contribution in [2.24, 2.45) is 11.1 Å². The van der Waals surface area contributed by atoms with Crippen LogP contribution in [-0.2, 0) is 12.8 Å². The molecule has 0 unspecified atom stereocenters. The van der Waals surface area contributed by atoms with E-state index in [2.05, 4.69) is 24.8 Å². The molecule has 2 N–H and O–H groups in total. The molecule has 0 bridgehead atoms. The van der Waals surface area contributed by atoms with Gasteiger partial charge < -0.3 is 10.6 Å². The van der Waals surface area contributed by atoms with Gasteiger partial charge in [0.2, 0.25) is 0 Å². The number of aromatic nitrogens is 1. The molecule has 0 spiro atoms. The first-order valence-electron chi connectivity index (χ1n) is 7.54. The van der Waals surface area contributed by atoms with Crippen molar-refractivity contribution in [1.82, 2.24) is 4.98 Å². The fourth-order valence-electron chi connectivity index (χ4n) is 3.34. The summed E-state index contributed by atoms with van der Waals surface area (Å²) in [5, 5.41) is 0. The second kappa shape index (κ2) is 4.99. The van der Waals surface area contributed by atoms with Gasteiger partial charge in [0.25, 0.3) is 0 Å². The van der Waals surface area contributed by atoms with E-state index in [1.807, 2.05) is 0 Å². The molecule has 0 radical (unpaired) electrons. The number of nitrogens with two attached hydrogens (primary N) is 1. The summed E-state index contributed by atoms with van der Waals surface area (Å²) in [4.78, 5) is 7.78. The standard InChI is InChI=1S/C16H23N3S/c1-16(2)7-8-19(10-16)15-12(14(17)20)9-11-5-3-4-6-13(11)18-15/h9H,3-8,10H2,1-2H3,(H2,17,20). The molecule has 2 heterocycles. The lowest BCUT2D eigenvalue weighted by Gasteiger charge is -2.25. The maximum atomic E-state index is 5.95. The Morgan fingerprint density at radius 1 is 1.35 bits per heavy atom. The van der Waals surface area contributed by atoms with Crippen LogP contribution in [0.3, 0.4) is 0 Å². The van der Waals surface area contributed by atoms with Crippen LogP contribution in [0.15, 0.2) is 6.07 Å². The molecule has 1 aromatic heterocycles. The van der Waals surface area contributed by atoms with Crippen LogP contribution in [0.5, 0.6) is 0 Å². The van der Waals surface area contributed by atoms with E-state index in [0.717, 1.165) is 37.3 Å². The predicted octanol–water partition coefficient (Wildman–Crippen LogP) is 2.83. The maximum absolute atomic E-state index is 5.95. The molecule has 2 aliphatic rings.